The quantitative estimate of drug-likeness (QED) is 0.647. The molecule has 29 heavy (non-hydrogen) atoms. The summed E-state index contributed by atoms with van der Waals surface area (Å²) in [6.07, 6.45) is -0.381. The van der Waals surface area contributed by atoms with Crippen molar-refractivity contribution in [1.82, 2.24) is 4.90 Å². The molecule has 0 saturated carbocycles. The van der Waals surface area contributed by atoms with Crippen molar-refractivity contribution in [3.8, 4) is 11.1 Å². The molecule has 1 N–H and O–H groups in total. The second-order valence-corrected chi connectivity index (χ2v) is 7.88. The Morgan fingerprint density at radius 2 is 1.69 bits per heavy atom. The van der Waals surface area contributed by atoms with Gasteiger partial charge in [0.15, 0.2) is 0 Å². The molecular formula is C23H21NO4S. The van der Waals surface area contributed by atoms with E-state index in [9.17, 15) is 14.7 Å². The Bertz CT molecular complexity index is 985. The molecule has 2 aromatic carbocycles. The molecule has 3 aromatic rings. The molecule has 6 heteroatoms. The van der Waals surface area contributed by atoms with Crippen molar-refractivity contribution >= 4 is 23.4 Å². The Labute approximate surface area is 173 Å². The fraction of sp³-hybridized carbons (Fsp3) is 0.217. The third kappa shape index (κ3) is 3.76. The number of thiophene rings is 1. The summed E-state index contributed by atoms with van der Waals surface area (Å²) in [7, 11) is 1.48. The Kier molecular flexibility index (Phi) is 5.36. The van der Waals surface area contributed by atoms with E-state index in [0.717, 1.165) is 27.8 Å². The van der Waals surface area contributed by atoms with Crippen LogP contribution in [0.25, 0.3) is 11.1 Å². The van der Waals surface area contributed by atoms with Crippen LogP contribution in [0.15, 0.2) is 65.4 Å². The molecule has 1 aliphatic carbocycles. The van der Waals surface area contributed by atoms with Crippen molar-refractivity contribution in [1.29, 1.82) is 0 Å². The van der Waals surface area contributed by atoms with Crippen molar-refractivity contribution < 1.29 is 19.4 Å². The average Bonchev–Trinajstić information content (AvgIpc) is 3.36. The van der Waals surface area contributed by atoms with Crippen molar-refractivity contribution in [2.24, 2.45) is 0 Å². The number of carbonyl (C=O) groups is 2. The molecule has 0 bridgehead atoms. The van der Waals surface area contributed by atoms with E-state index in [1.807, 2.05) is 53.2 Å². The van der Waals surface area contributed by atoms with Crippen LogP contribution in [0.5, 0.6) is 0 Å². The van der Waals surface area contributed by atoms with Gasteiger partial charge in [0, 0.05) is 19.4 Å². The lowest BCUT2D eigenvalue weighted by Gasteiger charge is -2.25. The predicted molar refractivity (Wildman–Crippen MR) is 112 cm³/mol. The Morgan fingerprint density at radius 3 is 2.24 bits per heavy atom. The Hall–Kier alpha value is -3.12. The lowest BCUT2D eigenvalue weighted by atomic mass is 9.98. The normalized spacial score (nSPS) is 13.4. The van der Waals surface area contributed by atoms with Gasteiger partial charge >= 0.3 is 12.1 Å². The highest BCUT2D eigenvalue weighted by Crippen LogP contribution is 2.44. The standard InChI is InChI=1S/C23H21NO4S/c1-24(21(22(25)26)12-15-10-11-29-14-15)23(27)28-13-20-18-8-4-2-6-16(18)17-7-3-5-9-19(17)20/h2-11,14,20-21H,12-13H2,1H3,(H,25,26). The van der Waals surface area contributed by atoms with Crippen LogP contribution in [0.2, 0.25) is 0 Å². The second kappa shape index (κ2) is 8.09. The number of ether oxygens (including phenoxy) is 1. The molecule has 1 atom stereocenters. The maximum Gasteiger partial charge on any atom is 0.410 e. The summed E-state index contributed by atoms with van der Waals surface area (Å²) in [5.41, 5.74) is 5.44. The van der Waals surface area contributed by atoms with E-state index >= 15 is 0 Å². The summed E-state index contributed by atoms with van der Waals surface area (Å²) in [5, 5.41) is 13.4. The smallest absolute Gasteiger partial charge is 0.410 e. The van der Waals surface area contributed by atoms with Gasteiger partial charge in [-0.25, -0.2) is 9.59 Å². The minimum Gasteiger partial charge on any atom is -0.480 e. The fourth-order valence-corrected chi connectivity index (χ4v) is 4.53. The third-order valence-corrected chi connectivity index (χ3v) is 6.12. The number of hydrogen-bond donors (Lipinski definition) is 1. The van der Waals surface area contributed by atoms with Crippen molar-refractivity contribution in [3.05, 3.63) is 82.0 Å². The number of carboxylic acid groups (broad SMARTS) is 1. The molecule has 1 heterocycles. The summed E-state index contributed by atoms with van der Waals surface area (Å²) in [5.74, 6) is -1.10. The second-order valence-electron chi connectivity index (χ2n) is 7.10. The van der Waals surface area contributed by atoms with Gasteiger partial charge in [-0.05, 0) is 44.6 Å². The first-order valence-corrected chi connectivity index (χ1v) is 10.3. The Balaban J connectivity index is 1.48. The largest absolute Gasteiger partial charge is 0.480 e. The van der Waals surface area contributed by atoms with Gasteiger partial charge in [-0.3, -0.25) is 4.90 Å². The maximum absolute atomic E-state index is 12.6. The van der Waals surface area contributed by atoms with Crippen molar-refractivity contribution in [3.63, 3.8) is 0 Å². The molecule has 148 valence electrons. The van der Waals surface area contributed by atoms with E-state index in [1.165, 1.54) is 23.3 Å². The van der Waals surface area contributed by atoms with E-state index in [-0.39, 0.29) is 18.9 Å². The zero-order valence-corrected chi connectivity index (χ0v) is 16.8. The highest BCUT2D eigenvalue weighted by atomic mass is 32.1. The SMILES string of the molecule is CN(C(=O)OCC1c2ccccc2-c2ccccc21)C(Cc1ccsc1)C(=O)O. The first-order chi connectivity index (χ1) is 14.1. The minimum atomic E-state index is -1.05. The van der Waals surface area contributed by atoms with E-state index in [0.29, 0.717) is 0 Å². The molecule has 0 fully saturated rings. The molecular weight excluding hydrogens is 386 g/mol. The summed E-state index contributed by atoms with van der Waals surface area (Å²) in [6.45, 7) is 0.169. The molecule has 5 nitrogen and oxygen atoms in total. The first-order valence-electron chi connectivity index (χ1n) is 9.38. The molecule has 0 aliphatic heterocycles. The number of carboxylic acids is 1. The number of likely N-dealkylation sites (N-methyl/N-ethyl adjacent to an activating group) is 1. The van der Waals surface area contributed by atoms with Gasteiger partial charge in [0.2, 0.25) is 0 Å². The number of hydrogen-bond acceptors (Lipinski definition) is 4. The number of amides is 1. The van der Waals surface area contributed by atoms with Crippen LogP contribution in [0.4, 0.5) is 4.79 Å². The number of fused-ring (bicyclic) bond motifs is 3. The fourth-order valence-electron chi connectivity index (χ4n) is 3.85. The van der Waals surface area contributed by atoms with Crippen LogP contribution in [0.1, 0.15) is 22.6 Å². The summed E-state index contributed by atoms with van der Waals surface area (Å²) < 4.78 is 5.58. The van der Waals surface area contributed by atoms with E-state index < -0.39 is 18.1 Å². The molecule has 1 aromatic heterocycles. The molecule has 0 radical (unpaired) electrons. The summed E-state index contributed by atoms with van der Waals surface area (Å²) in [6, 6.07) is 17.1. The summed E-state index contributed by atoms with van der Waals surface area (Å²) in [4.78, 5) is 25.5. The van der Waals surface area contributed by atoms with Gasteiger partial charge < -0.3 is 9.84 Å². The number of nitrogens with zero attached hydrogens (tertiary/aromatic N) is 1. The van der Waals surface area contributed by atoms with Gasteiger partial charge in [0.05, 0.1) is 0 Å². The van der Waals surface area contributed by atoms with Gasteiger partial charge in [-0.15, -0.1) is 0 Å². The minimum absolute atomic E-state index is 0.0556. The molecule has 1 unspecified atom stereocenters. The van der Waals surface area contributed by atoms with Gasteiger partial charge in [0.25, 0.3) is 0 Å². The first kappa shape index (κ1) is 19.2. The van der Waals surface area contributed by atoms with E-state index in [4.69, 9.17) is 4.74 Å². The lowest BCUT2D eigenvalue weighted by Crippen LogP contribution is -2.44. The van der Waals surface area contributed by atoms with Gasteiger partial charge in [-0.1, -0.05) is 48.5 Å². The van der Waals surface area contributed by atoms with E-state index in [2.05, 4.69) is 12.1 Å². The molecule has 1 aliphatic rings. The lowest BCUT2D eigenvalue weighted by molar-refractivity contribution is -0.142. The van der Waals surface area contributed by atoms with Crippen LogP contribution >= 0.6 is 11.3 Å². The van der Waals surface area contributed by atoms with Crippen LogP contribution in [0.3, 0.4) is 0 Å². The van der Waals surface area contributed by atoms with Crippen molar-refractivity contribution in [2.75, 3.05) is 13.7 Å². The zero-order chi connectivity index (χ0) is 20.4. The molecule has 1 amide bonds. The summed E-state index contributed by atoms with van der Waals surface area (Å²) >= 11 is 1.50. The maximum atomic E-state index is 12.6. The van der Waals surface area contributed by atoms with Crippen molar-refractivity contribution in [2.45, 2.75) is 18.4 Å². The van der Waals surface area contributed by atoms with Gasteiger partial charge in [0.1, 0.15) is 12.6 Å². The van der Waals surface area contributed by atoms with Gasteiger partial charge in [-0.2, -0.15) is 11.3 Å². The molecule has 4 rings (SSSR count). The highest BCUT2D eigenvalue weighted by Gasteiger charge is 2.32. The zero-order valence-electron chi connectivity index (χ0n) is 15.9. The van der Waals surface area contributed by atoms with Crippen LogP contribution in [-0.2, 0) is 16.0 Å². The predicted octanol–water partition coefficient (Wildman–Crippen LogP) is 4.62. The van der Waals surface area contributed by atoms with Crippen LogP contribution in [-0.4, -0.2) is 41.8 Å². The highest BCUT2D eigenvalue weighted by molar-refractivity contribution is 7.07. The number of carbonyl (C=O) groups excluding carboxylic acids is 1. The van der Waals surface area contributed by atoms with Crippen LogP contribution < -0.4 is 0 Å². The monoisotopic (exact) mass is 407 g/mol. The number of rotatable bonds is 6. The molecule has 0 saturated heterocycles. The average molecular weight is 407 g/mol. The number of aliphatic carboxylic acids is 1. The number of benzene rings is 2. The molecule has 0 spiro atoms. The topological polar surface area (TPSA) is 66.8 Å². The van der Waals surface area contributed by atoms with E-state index in [1.54, 1.807) is 0 Å². The van der Waals surface area contributed by atoms with Crippen LogP contribution in [0, 0.1) is 0 Å². The third-order valence-electron chi connectivity index (χ3n) is 5.39. The Morgan fingerprint density at radius 1 is 1.07 bits per heavy atom.